The Hall–Kier alpha value is 0.140. The van der Waals surface area contributed by atoms with E-state index in [2.05, 4.69) is 14.8 Å². The maximum absolute atomic E-state index is 5.04. The van der Waals surface area contributed by atoms with E-state index >= 15 is 0 Å². The second-order valence-corrected chi connectivity index (χ2v) is 3.93. The van der Waals surface area contributed by atoms with Crippen LogP contribution in [0.4, 0.5) is 0 Å². The molecule has 0 fully saturated rings. The highest BCUT2D eigenvalue weighted by atomic mass is 79.9. The number of benzene rings is 1. The van der Waals surface area contributed by atoms with E-state index in [1.807, 2.05) is 30.3 Å². The molecule has 0 heterocycles. The van der Waals surface area contributed by atoms with E-state index < -0.39 is 0 Å². The van der Waals surface area contributed by atoms with Gasteiger partial charge in [0.2, 0.25) is 0 Å². The van der Waals surface area contributed by atoms with E-state index in [4.69, 9.17) is 12.2 Å². The van der Waals surface area contributed by atoms with Crippen LogP contribution in [0.3, 0.4) is 0 Å². The van der Waals surface area contributed by atoms with Crippen molar-refractivity contribution < 1.29 is 0 Å². The van der Waals surface area contributed by atoms with Crippen LogP contribution in [-0.2, 0) is 0 Å². The molecule has 3 heteroatoms. The van der Waals surface area contributed by atoms with Crippen molar-refractivity contribution in [1.82, 2.24) is 0 Å². The maximum atomic E-state index is 5.04. The molecular formula is C7H5BrS2. The Morgan fingerprint density at radius 3 is 2.40 bits per heavy atom. The fraction of sp³-hybridized carbons (Fsp3) is 0. The lowest BCUT2D eigenvalue weighted by Crippen LogP contribution is -1.85. The maximum Gasteiger partial charge on any atom is 0.0890 e. The van der Waals surface area contributed by atoms with E-state index in [0.29, 0.717) is 0 Å². The zero-order valence-corrected chi connectivity index (χ0v) is 8.30. The van der Waals surface area contributed by atoms with E-state index in [1.165, 1.54) is 10.2 Å². The fourth-order valence-electron chi connectivity index (χ4n) is 0.619. The molecule has 0 radical (unpaired) electrons. The Morgan fingerprint density at radius 2 is 1.90 bits per heavy atom. The second-order valence-electron chi connectivity index (χ2n) is 1.73. The molecule has 0 amide bonds. The SMILES string of the molecule is S=C(SBr)c1ccccc1. The smallest absolute Gasteiger partial charge is 0.0709 e. The number of rotatable bonds is 1. The van der Waals surface area contributed by atoms with Gasteiger partial charge >= 0.3 is 0 Å². The Balaban J connectivity index is 2.85. The summed E-state index contributed by atoms with van der Waals surface area (Å²) in [5.74, 6) is 0. The minimum atomic E-state index is 0.876. The van der Waals surface area contributed by atoms with Gasteiger partial charge in [0.25, 0.3) is 0 Å². The summed E-state index contributed by atoms with van der Waals surface area (Å²) in [7, 11) is 1.42. The third kappa shape index (κ3) is 2.08. The molecule has 0 N–H and O–H groups in total. The van der Waals surface area contributed by atoms with Gasteiger partial charge in [0.05, 0.1) is 4.20 Å². The van der Waals surface area contributed by atoms with Gasteiger partial charge in [-0.2, -0.15) is 0 Å². The topological polar surface area (TPSA) is 0 Å². The number of halogens is 1. The molecule has 0 saturated heterocycles. The molecule has 0 aliphatic carbocycles. The molecule has 0 bridgehead atoms. The molecule has 1 aromatic rings. The molecular weight excluding hydrogens is 228 g/mol. The summed E-state index contributed by atoms with van der Waals surface area (Å²) in [5, 5.41) is 0. The van der Waals surface area contributed by atoms with Crippen molar-refractivity contribution in [2.75, 3.05) is 0 Å². The van der Waals surface area contributed by atoms with Crippen LogP contribution in [0.1, 0.15) is 5.56 Å². The van der Waals surface area contributed by atoms with Crippen molar-refractivity contribution in [2.24, 2.45) is 0 Å². The standard InChI is InChI=1S/C7H5BrS2/c8-10-7(9)6-4-2-1-3-5-6/h1-5H. The number of thiocarbonyl (C=S) groups is 1. The zero-order valence-electron chi connectivity index (χ0n) is 5.08. The lowest BCUT2D eigenvalue weighted by atomic mass is 10.2. The van der Waals surface area contributed by atoms with Crippen LogP contribution in [0.15, 0.2) is 30.3 Å². The molecule has 0 atom stereocenters. The van der Waals surface area contributed by atoms with Gasteiger partial charge in [0, 0.05) is 0 Å². The lowest BCUT2D eigenvalue weighted by Gasteiger charge is -1.95. The van der Waals surface area contributed by atoms with E-state index in [-0.39, 0.29) is 0 Å². The summed E-state index contributed by atoms with van der Waals surface area (Å²) in [5.41, 5.74) is 1.10. The Morgan fingerprint density at radius 1 is 1.30 bits per heavy atom. The quantitative estimate of drug-likeness (QED) is 0.682. The number of hydrogen-bond acceptors (Lipinski definition) is 2. The third-order valence-electron chi connectivity index (χ3n) is 1.08. The average molecular weight is 233 g/mol. The van der Waals surface area contributed by atoms with Crippen LogP contribution >= 0.6 is 37.2 Å². The second kappa shape index (κ2) is 4.11. The van der Waals surface area contributed by atoms with Crippen molar-refractivity contribution in [3.05, 3.63) is 35.9 Å². The van der Waals surface area contributed by atoms with Gasteiger partial charge in [-0.25, -0.2) is 0 Å². The van der Waals surface area contributed by atoms with Crippen molar-refractivity contribution in [3.63, 3.8) is 0 Å². The molecule has 0 unspecified atom stereocenters. The van der Waals surface area contributed by atoms with Crippen LogP contribution in [0.2, 0.25) is 0 Å². The first-order chi connectivity index (χ1) is 4.84. The molecule has 0 aromatic heterocycles. The Kier molecular flexibility index (Phi) is 3.39. The van der Waals surface area contributed by atoms with Crippen LogP contribution in [0, 0.1) is 0 Å². The summed E-state index contributed by atoms with van der Waals surface area (Å²) in [6.07, 6.45) is 0. The Labute approximate surface area is 77.2 Å². The summed E-state index contributed by atoms with van der Waals surface area (Å²) >= 11 is 8.26. The van der Waals surface area contributed by atoms with Crippen molar-refractivity contribution in [1.29, 1.82) is 0 Å². The third-order valence-corrected chi connectivity index (χ3v) is 3.56. The van der Waals surface area contributed by atoms with E-state index in [1.54, 1.807) is 0 Å². The highest BCUT2D eigenvalue weighted by Gasteiger charge is 1.96. The first-order valence-corrected chi connectivity index (χ1v) is 5.79. The normalized spacial score (nSPS) is 9.30. The van der Waals surface area contributed by atoms with Crippen molar-refractivity contribution in [3.8, 4) is 0 Å². The molecule has 10 heavy (non-hydrogen) atoms. The van der Waals surface area contributed by atoms with Gasteiger partial charge in [0.15, 0.2) is 0 Å². The lowest BCUT2D eigenvalue weighted by molar-refractivity contribution is 1.69. The summed E-state index contributed by atoms with van der Waals surface area (Å²) in [6, 6.07) is 9.92. The monoisotopic (exact) mass is 232 g/mol. The predicted molar refractivity (Wildman–Crippen MR) is 54.7 cm³/mol. The van der Waals surface area contributed by atoms with Gasteiger partial charge in [0.1, 0.15) is 0 Å². The van der Waals surface area contributed by atoms with Crippen LogP contribution < -0.4 is 0 Å². The molecule has 0 spiro atoms. The first-order valence-electron chi connectivity index (χ1n) is 2.72. The molecule has 1 rings (SSSR count). The summed E-state index contributed by atoms with van der Waals surface area (Å²) in [4.78, 5) is 0. The van der Waals surface area contributed by atoms with Crippen molar-refractivity contribution >= 4 is 41.4 Å². The molecule has 1 aromatic carbocycles. The van der Waals surface area contributed by atoms with Crippen molar-refractivity contribution in [2.45, 2.75) is 0 Å². The molecule has 0 saturated carbocycles. The molecule has 0 aliphatic heterocycles. The van der Waals surface area contributed by atoms with Gasteiger partial charge in [-0.05, 0) is 30.6 Å². The first kappa shape index (κ1) is 8.24. The molecule has 52 valence electrons. The van der Waals surface area contributed by atoms with Crippen LogP contribution in [0.5, 0.6) is 0 Å². The highest BCUT2D eigenvalue weighted by Crippen LogP contribution is 2.18. The minimum Gasteiger partial charge on any atom is -0.0709 e. The van der Waals surface area contributed by atoms with Gasteiger partial charge in [-0.1, -0.05) is 42.5 Å². The Bertz CT molecular complexity index is 220. The summed E-state index contributed by atoms with van der Waals surface area (Å²) < 4.78 is 0.876. The average Bonchev–Trinajstić information content (AvgIpc) is 2.05. The predicted octanol–water partition coefficient (Wildman–Crippen LogP) is 3.41. The van der Waals surface area contributed by atoms with Crippen LogP contribution in [0.25, 0.3) is 0 Å². The van der Waals surface area contributed by atoms with Gasteiger partial charge in [-0.15, -0.1) is 0 Å². The van der Waals surface area contributed by atoms with E-state index in [9.17, 15) is 0 Å². The fourth-order valence-corrected chi connectivity index (χ4v) is 1.54. The van der Waals surface area contributed by atoms with Gasteiger partial charge in [-0.3, -0.25) is 0 Å². The highest BCUT2D eigenvalue weighted by molar-refractivity contribution is 9.52. The summed E-state index contributed by atoms with van der Waals surface area (Å²) in [6.45, 7) is 0. The van der Waals surface area contributed by atoms with E-state index in [0.717, 1.165) is 9.76 Å². The van der Waals surface area contributed by atoms with Gasteiger partial charge < -0.3 is 0 Å². The largest absolute Gasteiger partial charge is 0.0890 e. The number of hydrogen-bond donors (Lipinski definition) is 0. The zero-order chi connectivity index (χ0) is 7.40. The van der Waals surface area contributed by atoms with Crippen LogP contribution in [-0.4, -0.2) is 4.20 Å². The molecule has 0 nitrogen and oxygen atoms in total. The molecule has 0 aliphatic rings. The minimum absolute atomic E-state index is 0.876.